The van der Waals surface area contributed by atoms with Crippen molar-refractivity contribution in [3.05, 3.63) is 52.2 Å². The Balaban J connectivity index is 1.52. The molecule has 0 unspecified atom stereocenters. The lowest BCUT2D eigenvalue weighted by atomic mass is 9.87. The van der Waals surface area contributed by atoms with Crippen LogP contribution in [-0.4, -0.2) is 33.9 Å². The Morgan fingerprint density at radius 3 is 2.86 bits per heavy atom. The van der Waals surface area contributed by atoms with Crippen LogP contribution in [0.25, 0.3) is 10.2 Å². The molecule has 1 amide bonds. The van der Waals surface area contributed by atoms with E-state index in [1.807, 2.05) is 11.8 Å². The molecule has 0 radical (unpaired) electrons. The average molecular weight is 393 g/mol. The molecule has 0 bridgehead atoms. The summed E-state index contributed by atoms with van der Waals surface area (Å²) in [5.41, 5.74) is 3.79. The summed E-state index contributed by atoms with van der Waals surface area (Å²) in [6, 6.07) is 8.91. The first-order valence-electron chi connectivity index (χ1n) is 10.1. The minimum Gasteiger partial charge on any atom is -0.363 e. The third-order valence-electron chi connectivity index (χ3n) is 5.99. The molecule has 28 heavy (non-hydrogen) atoms. The third-order valence-corrected chi connectivity index (χ3v) is 7.18. The normalized spacial score (nSPS) is 19.0. The van der Waals surface area contributed by atoms with Crippen molar-refractivity contribution in [3.8, 4) is 0 Å². The number of aromatic nitrogens is 2. The highest BCUT2D eigenvalue weighted by Crippen LogP contribution is 2.38. The summed E-state index contributed by atoms with van der Waals surface area (Å²) < 4.78 is 0. The molecule has 6 heteroatoms. The summed E-state index contributed by atoms with van der Waals surface area (Å²) >= 11 is 1.50. The van der Waals surface area contributed by atoms with Crippen molar-refractivity contribution in [2.24, 2.45) is 0 Å². The molecule has 3 aromatic rings. The van der Waals surface area contributed by atoms with E-state index in [1.54, 1.807) is 6.33 Å². The fourth-order valence-electron chi connectivity index (χ4n) is 4.52. The molecule has 1 N–H and O–H groups in total. The van der Waals surface area contributed by atoms with Gasteiger partial charge in [0.05, 0.1) is 16.3 Å². The van der Waals surface area contributed by atoms with E-state index in [-0.39, 0.29) is 11.9 Å². The number of nitrogens with zero attached hydrogens (tertiary/aromatic N) is 3. The topological polar surface area (TPSA) is 58.1 Å². The second-order valence-electron chi connectivity index (χ2n) is 7.75. The predicted octanol–water partition coefficient (Wildman–Crippen LogP) is 4.73. The second kappa shape index (κ2) is 7.17. The molecule has 2 aliphatic rings. The largest absolute Gasteiger partial charge is 0.363 e. The fraction of sp³-hybridized carbons (Fsp3) is 0.409. The molecule has 1 fully saturated rings. The average Bonchev–Trinajstić information content (AvgIpc) is 3.37. The quantitative estimate of drug-likeness (QED) is 0.700. The van der Waals surface area contributed by atoms with E-state index in [1.165, 1.54) is 28.9 Å². The molecule has 5 nitrogen and oxygen atoms in total. The first kappa shape index (κ1) is 17.6. The van der Waals surface area contributed by atoms with Crippen LogP contribution < -0.4 is 5.32 Å². The molecule has 1 saturated heterocycles. The molecule has 1 aliphatic carbocycles. The smallest absolute Gasteiger partial charge is 0.264 e. The van der Waals surface area contributed by atoms with Crippen molar-refractivity contribution in [2.75, 3.05) is 18.4 Å². The number of nitrogens with one attached hydrogen (secondary N) is 1. The summed E-state index contributed by atoms with van der Waals surface area (Å²) in [7, 11) is 0. The van der Waals surface area contributed by atoms with E-state index in [9.17, 15) is 4.79 Å². The number of thiophene rings is 1. The van der Waals surface area contributed by atoms with Gasteiger partial charge in [-0.2, -0.15) is 0 Å². The number of carbonyl (C=O) groups is 1. The molecule has 0 spiro atoms. The monoisotopic (exact) mass is 392 g/mol. The maximum Gasteiger partial charge on any atom is 0.264 e. The lowest BCUT2D eigenvalue weighted by molar-refractivity contribution is 0.0797. The van der Waals surface area contributed by atoms with Crippen LogP contribution in [-0.2, 0) is 6.42 Å². The Morgan fingerprint density at radius 2 is 2.00 bits per heavy atom. The van der Waals surface area contributed by atoms with E-state index < -0.39 is 0 Å². The number of anilines is 1. The molecule has 3 heterocycles. The van der Waals surface area contributed by atoms with E-state index in [2.05, 4.69) is 39.6 Å². The van der Waals surface area contributed by atoms with Gasteiger partial charge in [-0.15, -0.1) is 11.3 Å². The molecule has 0 saturated carbocycles. The number of rotatable bonds is 3. The number of carbonyl (C=O) groups excluding carboxylic acids is 1. The number of fused-ring (bicyclic) bond motifs is 2. The third kappa shape index (κ3) is 2.96. The number of benzene rings is 1. The van der Waals surface area contributed by atoms with Crippen LogP contribution in [0.2, 0.25) is 0 Å². The highest BCUT2D eigenvalue weighted by atomic mass is 32.1. The van der Waals surface area contributed by atoms with Crippen LogP contribution in [0.3, 0.4) is 0 Å². The van der Waals surface area contributed by atoms with Crippen molar-refractivity contribution < 1.29 is 4.79 Å². The minimum absolute atomic E-state index is 0.145. The first-order chi connectivity index (χ1) is 13.7. The Hall–Kier alpha value is -2.47. The van der Waals surface area contributed by atoms with Gasteiger partial charge in [0.25, 0.3) is 5.91 Å². The van der Waals surface area contributed by atoms with Gasteiger partial charge in [-0.1, -0.05) is 24.3 Å². The van der Waals surface area contributed by atoms with Gasteiger partial charge in [0, 0.05) is 13.1 Å². The van der Waals surface area contributed by atoms with Gasteiger partial charge in [0.15, 0.2) is 0 Å². The highest BCUT2D eigenvalue weighted by Gasteiger charge is 2.27. The molecule has 1 aliphatic heterocycles. The molecular formula is C22H24N4OS. The van der Waals surface area contributed by atoms with Crippen molar-refractivity contribution in [1.29, 1.82) is 0 Å². The standard InChI is InChI=1S/C22H24N4OS/c1-14-18-20(25-17-10-6-8-15-7-2-3-9-16(15)17)23-13-24-21(18)28-19(14)22(27)26-11-4-5-12-26/h2-3,7,9,13,17H,4-6,8,10-12H2,1H3,(H,23,24,25)/t17-/m0/s1. The molecule has 2 aromatic heterocycles. The van der Waals surface area contributed by atoms with E-state index in [0.29, 0.717) is 0 Å². The number of amides is 1. The highest BCUT2D eigenvalue weighted by molar-refractivity contribution is 7.20. The maximum atomic E-state index is 13.0. The van der Waals surface area contributed by atoms with Crippen LogP contribution in [0.15, 0.2) is 30.6 Å². The number of likely N-dealkylation sites (tertiary alicyclic amines) is 1. The summed E-state index contributed by atoms with van der Waals surface area (Å²) in [4.78, 5) is 25.7. The number of hydrogen-bond acceptors (Lipinski definition) is 5. The summed E-state index contributed by atoms with van der Waals surface area (Å²) in [5, 5.41) is 4.67. The van der Waals surface area contributed by atoms with Crippen LogP contribution in [0.4, 0.5) is 5.82 Å². The van der Waals surface area contributed by atoms with Gasteiger partial charge >= 0.3 is 0 Å². The summed E-state index contributed by atoms with van der Waals surface area (Å²) in [5.74, 6) is 0.993. The fourth-order valence-corrected chi connectivity index (χ4v) is 5.63. The van der Waals surface area contributed by atoms with Crippen LogP contribution in [0.5, 0.6) is 0 Å². The summed E-state index contributed by atoms with van der Waals surface area (Å²) in [6.45, 7) is 3.76. The Bertz CT molecular complexity index is 1040. The maximum absolute atomic E-state index is 13.0. The Labute approximate surface area is 168 Å². The molecule has 1 atom stereocenters. The molecule has 144 valence electrons. The van der Waals surface area contributed by atoms with Crippen molar-refractivity contribution in [2.45, 2.75) is 45.1 Å². The van der Waals surface area contributed by atoms with Crippen molar-refractivity contribution >= 4 is 33.3 Å². The van der Waals surface area contributed by atoms with Gasteiger partial charge < -0.3 is 10.2 Å². The lowest BCUT2D eigenvalue weighted by Crippen LogP contribution is -2.27. The lowest BCUT2D eigenvalue weighted by Gasteiger charge is -2.27. The second-order valence-corrected chi connectivity index (χ2v) is 8.74. The van der Waals surface area contributed by atoms with E-state index >= 15 is 0 Å². The van der Waals surface area contributed by atoms with Crippen molar-refractivity contribution in [1.82, 2.24) is 14.9 Å². The SMILES string of the molecule is Cc1c(C(=O)N2CCCC2)sc2ncnc(N[C@H]3CCCc4ccccc43)c12. The van der Waals surface area contributed by atoms with Gasteiger partial charge in [-0.3, -0.25) is 4.79 Å². The zero-order chi connectivity index (χ0) is 19.1. The van der Waals surface area contributed by atoms with Gasteiger partial charge in [0.1, 0.15) is 17.0 Å². The van der Waals surface area contributed by atoms with Crippen molar-refractivity contribution in [3.63, 3.8) is 0 Å². The molecule has 1 aromatic carbocycles. The van der Waals surface area contributed by atoms with E-state index in [0.717, 1.165) is 65.2 Å². The molecule has 5 rings (SSSR count). The number of hydrogen-bond donors (Lipinski definition) is 1. The van der Waals surface area contributed by atoms with E-state index in [4.69, 9.17) is 0 Å². The van der Waals surface area contributed by atoms with Gasteiger partial charge in [-0.25, -0.2) is 9.97 Å². The van der Waals surface area contributed by atoms with Crippen LogP contribution in [0, 0.1) is 6.92 Å². The van der Waals surface area contributed by atoms with Crippen LogP contribution in [0.1, 0.15) is 58.1 Å². The van der Waals surface area contributed by atoms with Gasteiger partial charge in [0.2, 0.25) is 0 Å². The zero-order valence-electron chi connectivity index (χ0n) is 16.1. The van der Waals surface area contributed by atoms with Gasteiger partial charge in [-0.05, 0) is 55.7 Å². The predicted molar refractivity (Wildman–Crippen MR) is 113 cm³/mol. The Morgan fingerprint density at radius 1 is 1.18 bits per heavy atom. The first-order valence-corrected chi connectivity index (χ1v) is 10.9. The Kier molecular flexibility index (Phi) is 4.51. The summed E-state index contributed by atoms with van der Waals surface area (Å²) in [6.07, 6.45) is 7.21. The molecular weight excluding hydrogens is 368 g/mol. The van der Waals surface area contributed by atoms with Crippen LogP contribution >= 0.6 is 11.3 Å². The minimum atomic E-state index is 0.145. The number of aryl methyl sites for hydroxylation is 2. The zero-order valence-corrected chi connectivity index (χ0v) is 16.9.